The molecule has 0 bridgehead atoms. The van der Waals surface area contributed by atoms with Crippen molar-refractivity contribution >= 4 is 5.97 Å². The summed E-state index contributed by atoms with van der Waals surface area (Å²) in [6.07, 6.45) is 10.3. The molecular formula is C28H44O5. The Labute approximate surface area is 199 Å². The normalized spacial score (nSPS) is 37.2. The van der Waals surface area contributed by atoms with Crippen molar-refractivity contribution in [1.29, 1.82) is 0 Å². The molecule has 33 heavy (non-hydrogen) atoms. The van der Waals surface area contributed by atoms with E-state index in [1.54, 1.807) is 13.8 Å². The quantitative estimate of drug-likeness (QED) is 0.428. The lowest BCUT2D eigenvalue weighted by atomic mass is 9.59. The number of carboxylic acid groups (broad SMARTS) is 1. The van der Waals surface area contributed by atoms with Gasteiger partial charge in [-0.15, -0.1) is 0 Å². The molecule has 5 nitrogen and oxygen atoms in total. The van der Waals surface area contributed by atoms with Crippen LogP contribution >= 0.6 is 0 Å². The Morgan fingerprint density at radius 3 is 2.61 bits per heavy atom. The Hall–Kier alpha value is -1.43. The summed E-state index contributed by atoms with van der Waals surface area (Å²) in [5.41, 5.74) is 2.28. The molecule has 0 amide bonds. The third-order valence-corrected chi connectivity index (χ3v) is 8.96. The number of carboxylic acids is 1. The Bertz CT molecular complexity index is 804. The summed E-state index contributed by atoms with van der Waals surface area (Å²) in [7, 11) is 0. The summed E-state index contributed by atoms with van der Waals surface area (Å²) < 4.78 is 0. The fourth-order valence-corrected chi connectivity index (χ4v) is 7.01. The topological polar surface area (TPSA) is 98.0 Å². The maximum Gasteiger partial charge on any atom is 0.306 e. The molecule has 3 saturated carbocycles. The second-order valence-corrected chi connectivity index (χ2v) is 11.8. The summed E-state index contributed by atoms with van der Waals surface area (Å²) in [5.74, 6) is -0.355. The zero-order chi connectivity index (χ0) is 24.6. The van der Waals surface area contributed by atoms with E-state index >= 15 is 0 Å². The fraction of sp³-hybridized carbons (Fsp3) is 0.750. The number of aliphatic carboxylic acids is 1. The molecule has 0 saturated heterocycles. The molecule has 0 aromatic heterocycles. The molecule has 186 valence electrons. The van der Waals surface area contributed by atoms with Crippen LogP contribution in [-0.4, -0.2) is 44.2 Å². The summed E-state index contributed by atoms with van der Waals surface area (Å²) in [6, 6.07) is 0. The van der Waals surface area contributed by atoms with Crippen LogP contribution < -0.4 is 0 Å². The van der Waals surface area contributed by atoms with Crippen molar-refractivity contribution in [1.82, 2.24) is 0 Å². The van der Waals surface area contributed by atoms with Crippen molar-refractivity contribution in [2.24, 2.45) is 29.1 Å². The molecule has 0 heterocycles. The van der Waals surface area contributed by atoms with Gasteiger partial charge in [-0.05, 0) is 99.5 Å². The van der Waals surface area contributed by atoms with E-state index in [9.17, 15) is 25.2 Å². The number of rotatable bonds is 7. The number of allylic oxidation sites excluding steroid dienone is 3. The smallest absolute Gasteiger partial charge is 0.306 e. The molecule has 0 spiro atoms. The average Bonchev–Trinajstić information content (AvgIpc) is 3.06. The van der Waals surface area contributed by atoms with Gasteiger partial charge in [0.15, 0.2) is 0 Å². The number of hydrogen-bond donors (Lipinski definition) is 4. The van der Waals surface area contributed by atoms with Crippen LogP contribution in [-0.2, 0) is 4.79 Å². The van der Waals surface area contributed by atoms with Crippen molar-refractivity contribution in [3.63, 3.8) is 0 Å². The number of carbonyl (C=O) groups is 1. The minimum absolute atomic E-state index is 0.0565. The Balaban J connectivity index is 1.80. The third kappa shape index (κ3) is 5.80. The van der Waals surface area contributed by atoms with Gasteiger partial charge in [0.25, 0.3) is 0 Å². The number of hydrogen-bond acceptors (Lipinski definition) is 4. The third-order valence-electron chi connectivity index (χ3n) is 8.96. The predicted octanol–water partition coefficient (Wildman–Crippen LogP) is 5.02. The zero-order valence-electron chi connectivity index (χ0n) is 20.9. The van der Waals surface area contributed by atoms with Gasteiger partial charge >= 0.3 is 5.97 Å². The van der Waals surface area contributed by atoms with Gasteiger partial charge in [0.05, 0.1) is 23.7 Å². The van der Waals surface area contributed by atoms with Crippen LogP contribution in [0.2, 0.25) is 0 Å². The maximum atomic E-state index is 12.2. The SMILES string of the molecule is C=C1/C(=C\C=C2/CCC[C@]3(C)[C@@H]([C@H](C)C(CCC(C)(C)O)C(=O)O)CC[C@@H]23)C[C@@H](O)C[C@@H]1O. The summed E-state index contributed by atoms with van der Waals surface area (Å²) in [6.45, 7) is 12.0. The molecule has 0 aromatic rings. The monoisotopic (exact) mass is 460 g/mol. The van der Waals surface area contributed by atoms with Gasteiger partial charge < -0.3 is 20.4 Å². The minimum Gasteiger partial charge on any atom is -0.481 e. The van der Waals surface area contributed by atoms with Gasteiger partial charge in [-0.2, -0.15) is 0 Å². The van der Waals surface area contributed by atoms with Crippen LogP contribution in [0, 0.1) is 29.1 Å². The van der Waals surface area contributed by atoms with Crippen LogP contribution in [0.4, 0.5) is 0 Å². The summed E-state index contributed by atoms with van der Waals surface area (Å²) in [5, 5.41) is 40.3. The Morgan fingerprint density at radius 1 is 1.27 bits per heavy atom. The van der Waals surface area contributed by atoms with Crippen LogP contribution in [0.5, 0.6) is 0 Å². The first-order valence-corrected chi connectivity index (χ1v) is 12.7. The van der Waals surface area contributed by atoms with E-state index in [1.807, 2.05) is 0 Å². The molecule has 3 rings (SSSR count). The Morgan fingerprint density at radius 2 is 1.97 bits per heavy atom. The zero-order valence-corrected chi connectivity index (χ0v) is 20.9. The molecule has 7 atom stereocenters. The molecule has 4 N–H and O–H groups in total. The largest absolute Gasteiger partial charge is 0.481 e. The van der Waals surface area contributed by atoms with Crippen molar-refractivity contribution in [3.8, 4) is 0 Å². The highest BCUT2D eigenvalue weighted by molar-refractivity contribution is 5.70. The molecule has 5 heteroatoms. The lowest BCUT2D eigenvalue weighted by Gasteiger charge is -2.45. The second kappa shape index (κ2) is 10.1. The number of aliphatic hydroxyl groups excluding tert-OH is 2. The first kappa shape index (κ1) is 26.2. The second-order valence-electron chi connectivity index (χ2n) is 11.8. The Kier molecular flexibility index (Phi) is 7.97. The van der Waals surface area contributed by atoms with Crippen molar-refractivity contribution in [3.05, 3.63) is 35.5 Å². The first-order valence-electron chi connectivity index (χ1n) is 12.7. The van der Waals surface area contributed by atoms with Crippen LogP contribution in [0.25, 0.3) is 0 Å². The van der Waals surface area contributed by atoms with Gasteiger partial charge in [-0.3, -0.25) is 4.79 Å². The van der Waals surface area contributed by atoms with E-state index in [0.29, 0.717) is 43.1 Å². The van der Waals surface area contributed by atoms with Gasteiger partial charge in [-0.1, -0.05) is 38.2 Å². The van der Waals surface area contributed by atoms with Gasteiger partial charge in [0.1, 0.15) is 0 Å². The summed E-state index contributed by atoms with van der Waals surface area (Å²) in [4.78, 5) is 12.2. The molecule has 0 aromatic carbocycles. The maximum absolute atomic E-state index is 12.2. The molecule has 3 fully saturated rings. The predicted molar refractivity (Wildman–Crippen MR) is 131 cm³/mol. The molecule has 0 radical (unpaired) electrons. The van der Waals surface area contributed by atoms with E-state index < -0.39 is 29.7 Å². The molecule has 0 aliphatic heterocycles. The van der Waals surface area contributed by atoms with E-state index in [0.717, 1.165) is 37.7 Å². The van der Waals surface area contributed by atoms with E-state index in [4.69, 9.17) is 0 Å². The lowest BCUT2D eigenvalue weighted by molar-refractivity contribution is -0.145. The van der Waals surface area contributed by atoms with Crippen LogP contribution in [0.3, 0.4) is 0 Å². The standard InChI is InChI=1S/C28H44O5/c1-17-20(15-21(29)16-25(17)30)9-8-19-7-6-13-28(5)23(10-11-24(19)28)18(2)22(26(31)32)12-14-27(3,4)33/h8-9,18,21-25,29-30,33H,1,6-7,10-16H2,2-5H3,(H,31,32)/b19-8+,20-9-/t18-,21-,22?,23-,24+,25+,28-/m1/s1. The van der Waals surface area contributed by atoms with E-state index in [2.05, 4.69) is 32.6 Å². The van der Waals surface area contributed by atoms with E-state index in [-0.39, 0.29) is 11.3 Å². The van der Waals surface area contributed by atoms with Crippen LogP contribution in [0.15, 0.2) is 35.5 Å². The van der Waals surface area contributed by atoms with Gasteiger partial charge in [-0.25, -0.2) is 0 Å². The molecular weight excluding hydrogens is 416 g/mol. The highest BCUT2D eigenvalue weighted by Crippen LogP contribution is 2.60. The molecule has 3 aliphatic carbocycles. The van der Waals surface area contributed by atoms with Gasteiger partial charge in [0.2, 0.25) is 0 Å². The number of fused-ring (bicyclic) bond motifs is 1. The summed E-state index contributed by atoms with van der Waals surface area (Å²) >= 11 is 0. The highest BCUT2D eigenvalue weighted by Gasteiger charge is 2.52. The molecule has 1 unspecified atom stereocenters. The van der Waals surface area contributed by atoms with Crippen molar-refractivity contribution in [2.45, 2.75) is 103 Å². The fourth-order valence-electron chi connectivity index (χ4n) is 7.01. The lowest BCUT2D eigenvalue weighted by Crippen LogP contribution is -2.39. The average molecular weight is 461 g/mol. The minimum atomic E-state index is -0.853. The molecule has 3 aliphatic rings. The van der Waals surface area contributed by atoms with E-state index in [1.165, 1.54) is 5.57 Å². The number of aliphatic hydroxyl groups is 3. The van der Waals surface area contributed by atoms with Crippen molar-refractivity contribution < 1.29 is 25.2 Å². The van der Waals surface area contributed by atoms with Gasteiger partial charge in [0, 0.05) is 6.42 Å². The first-order chi connectivity index (χ1) is 15.3. The highest BCUT2D eigenvalue weighted by atomic mass is 16.4. The van der Waals surface area contributed by atoms with Crippen molar-refractivity contribution in [2.75, 3.05) is 0 Å². The van der Waals surface area contributed by atoms with Crippen LogP contribution in [0.1, 0.15) is 85.5 Å².